The minimum Gasteiger partial charge on any atom is -0.317 e. The van der Waals surface area contributed by atoms with Gasteiger partial charge >= 0.3 is 0 Å². The molecule has 4 nitrogen and oxygen atoms in total. The van der Waals surface area contributed by atoms with Gasteiger partial charge in [-0.2, -0.15) is 0 Å². The van der Waals surface area contributed by atoms with Gasteiger partial charge in [0.15, 0.2) is 0 Å². The lowest BCUT2D eigenvalue weighted by atomic mass is 10.0. The van der Waals surface area contributed by atoms with E-state index in [1.54, 1.807) is 0 Å². The summed E-state index contributed by atoms with van der Waals surface area (Å²) in [6.45, 7) is 4.34. The molecule has 1 amide bonds. The van der Waals surface area contributed by atoms with Crippen molar-refractivity contribution < 1.29 is 4.79 Å². The van der Waals surface area contributed by atoms with E-state index in [-0.39, 0.29) is 18.1 Å². The second-order valence-corrected chi connectivity index (χ2v) is 6.55. The van der Waals surface area contributed by atoms with Crippen LogP contribution in [0.5, 0.6) is 0 Å². The molecule has 3 aliphatic heterocycles. The smallest absolute Gasteiger partial charge is 0.241 e. The lowest BCUT2D eigenvalue weighted by Crippen LogP contribution is -2.45. The van der Waals surface area contributed by atoms with Crippen LogP contribution in [0.15, 0.2) is 30.3 Å². The Balaban J connectivity index is 1.66. The van der Waals surface area contributed by atoms with E-state index in [0.717, 1.165) is 13.0 Å². The monoisotopic (exact) mass is 285 g/mol. The number of nitrogens with zero attached hydrogens (tertiary/aromatic N) is 2. The Kier molecular flexibility index (Phi) is 3.23. The Morgan fingerprint density at radius 3 is 2.71 bits per heavy atom. The van der Waals surface area contributed by atoms with Crippen molar-refractivity contribution in [2.75, 3.05) is 13.1 Å². The molecule has 112 valence electrons. The molecule has 4 atom stereocenters. The van der Waals surface area contributed by atoms with Crippen LogP contribution in [0.3, 0.4) is 0 Å². The molecule has 3 heterocycles. The van der Waals surface area contributed by atoms with Crippen LogP contribution < -0.4 is 5.32 Å². The summed E-state index contributed by atoms with van der Waals surface area (Å²) >= 11 is 0. The molecular weight excluding hydrogens is 262 g/mol. The summed E-state index contributed by atoms with van der Waals surface area (Å²) in [6, 6.07) is 11.3. The largest absolute Gasteiger partial charge is 0.317 e. The zero-order valence-electron chi connectivity index (χ0n) is 12.5. The Morgan fingerprint density at radius 2 is 1.90 bits per heavy atom. The van der Waals surface area contributed by atoms with E-state index in [1.807, 2.05) is 13.0 Å². The number of carbonyl (C=O) groups is 1. The van der Waals surface area contributed by atoms with Crippen molar-refractivity contribution in [3.63, 3.8) is 0 Å². The number of nitrogens with one attached hydrogen (secondary N) is 1. The summed E-state index contributed by atoms with van der Waals surface area (Å²) in [7, 11) is 0. The van der Waals surface area contributed by atoms with Crippen LogP contribution >= 0.6 is 0 Å². The summed E-state index contributed by atoms with van der Waals surface area (Å²) in [5, 5.41) is 3.48. The minimum absolute atomic E-state index is 0.0410. The van der Waals surface area contributed by atoms with E-state index in [1.165, 1.54) is 24.9 Å². The molecule has 0 bridgehead atoms. The summed E-state index contributed by atoms with van der Waals surface area (Å²) in [5.74, 6) is 0.266. The maximum Gasteiger partial charge on any atom is 0.241 e. The van der Waals surface area contributed by atoms with Crippen molar-refractivity contribution in [2.24, 2.45) is 0 Å². The number of amides is 1. The summed E-state index contributed by atoms with van der Waals surface area (Å²) in [4.78, 5) is 17.4. The predicted molar refractivity (Wildman–Crippen MR) is 81.6 cm³/mol. The van der Waals surface area contributed by atoms with Crippen LogP contribution in [0.2, 0.25) is 0 Å². The quantitative estimate of drug-likeness (QED) is 0.899. The maximum absolute atomic E-state index is 12.7. The number of benzene rings is 1. The predicted octanol–water partition coefficient (Wildman–Crippen LogP) is 1.74. The zero-order valence-corrected chi connectivity index (χ0v) is 12.5. The lowest BCUT2D eigenvalue weighted by molar-refractivity contribution is -0.132. The van der Waals surface area contributed by atoms with Gasteiger partial charge in [-0.15, -0.1) is 0 Å². The molecule has 3 saturated heterocycles. The Morgan fingerprint density at radius 1 is 1.10 bits per heavy atom. The van der Waals surface area contributed by atoms with Gasteiger partial charge < -0.3 is 4.90 Å². The molecule has 1 aromatic rings. The van der Waals surface area contributed by atoms with Crippen LogP contribution in [0.1, 0.15) is 37.9 Å². The minimum atomic E-state index is -0.0781. The van der Waals surface area contributed by atoms with Crippen LogP contribution in [-0.4, -0.2) is 46.9 Å². The lowest BCUT2D eigenvalue weighted by Gasteiger charge is -2.34. The van der Waals surface area contributed by atoms with Crippen molar-refractivity contribution in [1.82, 2.24) is 15.1 Å². The molecule has 1 aromatic carbocycles. The maximum atomic E-state index is 12.7. The van der Waals surface area contributed by atoms with Gasteiger partial charge in [0, 0.05) is 12.6 Å². The van der Waals surface area contributed by atoms with Crippen LogP contribution in [0, 0.1) is 0 Å². The van der Waals surface area contributed by atoms with Crippen LogP contribution in [0.4, 0.5) is 0 Å². The molecule has 1 N–H and O–H groups in total. The molecule has 0 aliphatic carbocycles. The number of rotatable bonds is 2. The Bertz CT molecular complexity index is 532. The van der Waals surface area contributed by atoms with Crippen LogP contribution in [0.25, 0.3) is 0 Å². The van der Waals surface area contributed by atoms with E-state index in [2.05, 4.69) is 39.4 Å². The van der Waals surface area contributed by atoms with Gasteiger partial charge in [0.05, 0.1) is 12.1 Å². The molecule has 3 aliphatic rings. The Hall–Kier alpha value is -1.39. The first-order valence-corrected chi connectivity index (χ1v) is 8.13. The van der Waals surface area contributed by atoms with Gasteiger partial charge in [0.25, 0.3) is 0 Å². The topological polar surface area (TPSA) is 35.6 Å². The molecular formula is C17H23N3O. The van der Waals surface area contributed by atoms with Gasteiger partial charge in [-0.3, -0.25) is 15.0 Å². The SMILES string of the molecule is CC1NC(c2ccccc2)N(C2CCN3CCCC23)C1=O. The van der Waals surface area contributed by atoms with E-state index < -0.39 is 0 Å². The molecule has 4 heteroatoms. The third-order valence-corrected chi connectivity index (χ3v) is 5.35. The first-order chi connectivity index (χ1) is 10.3. The first kappa shape index (κ1) is 13.3. The molecule has 4 rings (SSSR count). The highest BCUT2D eigenvalue weighted by Gasteiger charge is 2.48. The summed E-state index contributed by atoms with van der Waals surface area (Å²) < 4.78 is 0. The molecule has 0 spiro atoms. The average Bonchev–Trinajstić information content (AvgIpc) is 3.17. The standard InChI is InChI=1S/C17H23N3O/c1-12-17(21)20(15-9-11-19-10-5-8-14(15)19)16(18-12)13-6-3-2-4-7-13/h2-4,6-7,12,14-16,18H,5,8-11H2,1H3. The summed E-state index contributed by atoms with van der Waals surface area (Å²) in [5.41, 5.74) is 1.20. The molecule has 0 aromatic heterocycles. The third-order valence-electron chi connectivity index (χ3n) is 5.35. The highest BCUT2D eigenvalue weighted by molar-refractivity contribution is 5.84. The fraction of sp³-hybridized carbons (Fsp3) is 0.588. The number of hydrogen-bond acceptors (Lipinski definition) is 3. The Labute approximate surface area is 126 Å². The van der Waals surface area contributed by atoms with E-state index >= 15 is 0 Å². The number of carbonyl (C=O) groups excluding carboxylic acids is 1. The van der Waals surface area contributed by atoms with Gasteiger partial charge in [-0.25, -0.2) is 0 Å². The molecule has 0 saturated carbocycles. The van der Waals surface area contributed by atoms with Gasteiger partial charge in [-0.05, 0) is 38.3 Å². The van der Waals surface area contributed by atoms with Crippen molar-refractivity contribution in [2.45, 2.75) is 50.5 Å². The molecule has 3 fully saturated rings. The normalized spacial score (nSPS) is 36.4. The third kappa shape index (κ3) is 2.09. The fourth-order valence-corrected chi connectivity index (χ4v) is 4.37. The highest BCUT2D eigenvalue weighted by atomic mass is 16.2. The highest BCUT2D eigenvalue weighted by Crippen LogP contribution is 2.37. The van der Waals surface area contributed by atoms with Gasteiger partial charge in [0.2, 0.25) is 5.91 Å². The molecule has 4 unspecified atom stereocenters. The van der Waals surface area contributed by atoms with Crippen LogP contribution in [-0.2, 0) is 4.79 Å². The first-order valence-electron chi connectivity index (χ1n) is 8.13. The van der Waals surface area contributed by atoms with Gasteiger partial charge in [-0.1, -0.05) is 30.3 Å². The fourth-order valence-electron chi connectivity index (χ4n) is 4.37. The summed E-state index contributed by atoms with van der Waals surface area (Å²) in [6.07, 6.45) is 3.68. The van der Waals surface area contributed by atoms with E-state index in [9.17, 15) is 4.79 Å². The second-order valence-electron chi connectivity index (χ2n) is 6.55. The van der Waals surface area contributed by atoms with Gasteiger partial charge in [0.1, 0.15) is 6.17 Å². The van der Waals surface area contributed by atoms with E-state index in [0.29, 0.717) is 12.1 Å². The van der Waals surface area contributed by atoms with Crippen molar-refractivity contribution in [3.05, 3.63) is 35.9 Å². The zero-order chi connectivity index (χ0) is 14.4. The number of fused-ring (bicyclic) bond motifs is 1. The van der Waals surface area contributed by atoms with Crippen molar-refractivity contribution >= 4 is 5.91 Å². The van der Waals surface area contributed by atoms with Crippen molar-refractivity contribution in [3.8, 4) is 0 Å². The van der Waals surface area contributed by atoms with E-state index in [4.69, 9.17) is 0 Å². The molecule has 21 heavy (non-hydrogen) atoms. The average molecular weight is 285 g/mol. The molecule has 0 radical (unpaired) electrons. The van der Waals surface area contributed by atoms with Crippen molar-refractivity contribution in [1.29, 1.82) is 0 Å². The second kappa shape index (κ2) is 5.11. The number of hydrogen-bond donors (Lipinski definition) is 1.